The number of carbonyl (C=O) groups is 2. The Bertz CT molecular complexity index is 752. The number of imide groups is 1. The van der Waals surface area contributed by atoms with E-state index >= 15 is 0 Å². The molecule has 2 atom stereocenters. The number of nitrogens with zero attached hydrogens (tertiary/aromatic N) is 1. The van der Waals surface area contributed by atoms with Gasteiger partial charge >= 0.3 is 0 Å². The van der Waals surface area contributed by atoms with E-state index in [1.165, 1.54) is 17.0 Å². The number of carbonyl (C=O) groups excluding carboxylic acids is 2. The van der Waals surface area contributed by atoms with Crippen LogP contribution >= 0.6 is 0 Å². The highest BCUT2D eigenvalue weighted by atomic mass is 16.5. The molecule has 0 radical (unpaired) electrons. The standard InChI is InChI=1S/C19H19NO4/c1-12-13(2)19(23)20(18(12)22)15-8-9-16(21)17(10-15)24-11-14-6-4-3-5-7-14/h3-10,12-13,21H,11H2,1-2H3. The lowest BCUT2D eigenvalue weighted by molar-refractivity contribution is -0.122. The first-order valence-electron chi connectivity index (χ1n) is 7.86. The minimum atomic E-state index is -0.347. The van der Waals surface area contributed by atoms with Gasteiger partial charge in [0.15, 0.2) is 11.5 Å². The Kier molecular flexibility index (Phi) is 4.25. The van der Waals surface area contributed by atoms with Gasteiger partial charge in [0.2, 0.25) is 11.8 Å². The van der Waals surface area contributed by atoms with Crippen LogP contribution in [-0.4, -0.2) is 16.9 Å². The van der Waals surface area contributed by atoms with Crippen molar-refractivity contribution in [3.63, 3.8) is 0 Å². The highest BCUT2D eigenvalue weighted by Gasteiger charge is 2.43. The van der Waals surface area contributed by atoms with Gasteiger partial charge in [0.05, 0.1) is 5.69 Å². The Morgan fingerprint density at radius 2 is 1.62 bits per heavy atom. The molecule has 0 aromatic heterocycles. The SMILES string of the molecule is CC1C(=O)N(c2ccc(O)c(OCc3ccccc3)c2)C(=O)C1C. The van der Waals surface area contributed by atoms with Crippen LogP contribution in [0.15, 0.2) is 48.5 Å². The van der Waals surface area contributed by atoms with Crippen LogP contribution in [-0.2, 0) is 16.2 Å². The molecular formula is C19H19NO4. The van der Waals surface area contributed by atoms with Crippen molar-refractivity contribution in [2.75, 3.05) is 4.90 Å². The number of aromatic hydroxyl groups is 1. The summed E-state index contributed by atoms with van der Waals surface area (Å²) in [5.41, 5.74) is 1.37. The maximum atomic E-state index is 12.3. The van der Waals surface area contributed by atoms with Gasteiger partial charge in [-0.05, 0) is 17.7 Å². The van der Waals surface area contributed by atoms with E-state index in [1.54, 1.807) is 19.9 Å². The predicted octanol–water partition coefficient (Wildman–Crippen LogP) is 3.12. The van der Waals surface area contributed by atoms with E-state index in [4.69, 9.17) is 4.74 Å². The molecule has 5 heteroatoms. The van der Waals surface area contributed by atoms with Gasteiger partial charge in [-0.1, -0.05) is 44.2 Å². The highest BCUT2D eigenvalue weighted by Crippen LogP contribution is 2.36. The van der Waals surface area contributed by atoms with Gasteiger partial charge in [0.1, 0.15) is 6.61 Å². The Balaban J connectivity index is 1.84. The number of phenols is 1. The van der Waals surface area contributed by atoms with Gasteiger partial charge in [-0.25, -0.2) is 4.90 Å². The second-order valence-electron chi connectivity index (χ2n) is 6.02. The van der Waals surface area contributed by atoms with Crippen LogP contribution in [0.4, 0.5) is 5.69 Å². The summed E-state index contributed by atoms with van der Waals surface area (Å²) in [5, 5.41) is 9.98. The van der Waals surface area contributed by atoms with Crippen molar-refractivity contribution in [3.05, 3.63) is 54.1 Å². The van der Waals surface area contributed by atoms with Crippen LogP contribution in [0.3, 0.4) is 0 Å². The molecule has 1 aliphatic heterocycles. The molecule has 1 N–H and O–H groups in total. The molecule has 24 heavy (non-hydrogen) atoms. The fraction of sp³-hybridized carbons (Fsp3) is 0.263. The van der Waals surface area contributed by atoms with Crippen LogP contribution < -0.4 is 9.64 Å². The number of hydrogen-bond acceptors (Lipinski definition) is 4. The molecule has 5 nitrogen and oxygen atoms in total. The van der Waals surface area contributed by atoms with Gasteiger partial charge in [-0.2, -0.15) is 0 Å². The molecule has 2 aromatic carbocycles. The van der Waals surface area contributed by atoms with Crippen LogP contribution in [0.5, 0.6) is 11.5 Å². The third kappa shape index (κ3) is 2.85. The number of phenolic OH excluding ortho intramolecular Hbond substituents is 1. The largest absolute Gasteiger partial charge is 0.504 e. The summed E-state index contributed by atoms with van der Waals surface area (Å²) in [6.07, 6.45) is 0. The first-order chi connectivity index (χ1) is 11.5. The maximum Gasteiger partial charge on any atom is 0.237 e. The lowest BCUT2D eigenvalue weighted by Crippen LogP contribution is -2.30. The fourth-order valence-corrected chi connectivity index (χ4v) is 2.69. The summed E-state index contributed by atoms with van der Waals surface area (Å²) in [4.78, 5) is 25.8. The number of amides is 2. The minimum Gasteiger partial charge on any atom is -0.504 e. The van der Waals surface area contributed by atoms with E-state index in [9.17, 15) is 14.7 Å². The van der Waals surface area contributed by atoms with Gasteiger partial charge in [-0.15, -0.1) is 0 Å². The monoisotopic (exact) mass is 325 g/mol. The van der Waals surface area contributed by atoms with Crippen molar-refractivity contribution in [2.45, 2.75) is 20.5 Å². The molecule has 0 spiro atoms. The Hall–Kier alpha value is -2.82. The van der Waals surface area contributed by atoms with E-state index < -0.39 is 0 Å². The van der Waals surface area contributed by atoms with E-state index in [2.05, 4.69) is 0 Å². The lowest BCUT2D eigenvalue weighted by Gasteiger charge is -2.17. The molecule has 0 bridgehead atoms. The topological polar surface area (TPSA) is 66.8 Å². The van der Waals surface area contributed by atoms with E-state index in [-0.39, 0.29) is 41.8 Å². The zero-order chi connectivity index (χ0) is 17.3. The van der Waals surface area contributed by atoms with E-state index in [1.807, 2.05) is 30.3 Å². The Morgan fingerprint density at radius 1 is 1.00 bits per heavy atom. The van der Waals surface area contributed by atoms with Crippen molar-refractivity contribution in [1.29, 1.82) is 0 Å². The number of ether oxygens (including phenoxy) is 1. The molecule has 1 aliphatic rings. The average Bonchev–Trinajstić information content (AvgIpc) is 2.79. The molecular weight excluding hydrogens is 306 g/mol. The first-order valence-corrected chi connectivity index (χ1v) is 7.86. The highest BCUT2D eigenvalue weighted by molar-refractivity contribution is 6.21. The van der Waals surface area contributed by atoms with Gasteiger partial charge in [-0.3, -0.25) is 9.59 Å². The van der Waals surface area contributed by atoms with Crippen molar-refractivity contribution < 1.29 is 19.4 Å². The number of benzene rings is 2. The second kappa shape index (κ2) is 6.35. The summed E-state index contributed by atoms with van der Waals surface area (Å²) >= 11 is 0. The van der Waals surface area contributed by atoms with E-state index in [0.717, 1.165) is 5.56 Å². The van der Waals surface area contributed by atoms with Gasteiger partial charge in [0, 0.05) is 17.9 Å². The Labute approximate surface area is 140 Å². The smallest absolute Gasteiger partial charge is 0.237 e. The Morgan fingerprint density at radius 3 is 2.25 bits per heavy atom. The van der Waals surface area contributed by atoms with Gasteiger partial charge in [0.25, 0.3) is 0 Å². The molecule has 2 unspecified atom stereocenters. The molecule has 3 rings (SSSR count). The number of hydrogen-bond donors (Lipinski definition) is 1. The summed E-state index contributed by atoms with van der Waals surface area (Å²) in [6, 6.07) is 14.1. The van der Waals surface area contributed by atoms with Crippen LogP contribution in [0.25, 0.3) is 0 Å². The summed E-state index contributed by atoms with van der Waals surface area (Å²) in [7, 11) is 0. The van der Waals surface area contributed by atoms with Crippen molar-refractivity contribution in [1.82, 2.24) is 0 Å². The van der Waals surface area contributed by atoms with Crippen LogP contribution in [0.2, 0.25) is 0 Å². The minimum absolute atomic E-state index is 0.0325. The zero-order valence-corrected chi connectivity index (χ0v) is 13.6. The molecule has 0 saturated carbocycles. The molecule has 2 aromatic rings. The molecule has 1 saturated heterocycles. The maximum absolute atomic E-state index is 12.3. The molecule has 2 amide bonds. The predicted molar refractivity (Wildman–Crippen MR) is 89.7 cm³/mol. The molecule has 1 fully saturated rings. The van der Waals surface area contributed by atoms with Crippen molar-refractivity contribution >= 4 is 17.5 Å². The lowest BCUT2D eigenvalue weighted by atomic mass is 10.00. The summed E-state index contributed by atoms with van der Waals surface area (Å²) in [5.74, 6) is -0.946. The van der Waals surface area contributed by atoms with E-state index in [0.29, 0.717) is 5.69 Å². The van der Waals surface area contributed by atoms with Gasteiger partial charge < -0.3 is 9.84 Å². The third-order valence-electron chi connectivity index (χ3n) is 4.41. The summed E-state index contributed by atoms with van der Waals surface area (Å²) < 4.78 is 5.65. The third-order valence-corrected chi connectivity index (χ3v) is 4.41. The molecule has 124 valence electrons. The summed E-state index contributed by atoms with van der Waals surface area (Å²) in [6.45, 7) is 3.78. The van der Waals surface area contributed by atoms with Crippen LogP contribution in [0.1, 0.15) is 19.4 Å². The normalized spacial score (nSPS) is 20.5. The molecule has 1 heterocycles. The van der Waals surface area contributed by atoms with Crippen LogP contribution in [0, 0.1) is 11.8 Å². The average molecular weight is 325 g/mol. The van der Waals surface area contributed by atoms with Crippen molar-refractivity contribution in [3.8, 4) is 11.5 Å². The number of anilines is 1. The number of rotatable bonds is 4. The van der Waals surface area contributed by atoms with Crippen molar-refractivity contribution in [2.24, 2.45) is 11.8 Å². The fourth-order valence-electron chi connectivity index (χ4n) is 2.69. The first kappa shape index (κ1) is 16.1. The quantitative estimate of drug-likeness (QED) is 0.877. The zero-order valence-electron chi connectivity index (χ0n) is 13.6. The molecule has 0 aliphatic carbocycles. The second-order valence-corrected chi connectivity index (χ2v) is 6.02.